The molecule has 1 rings (SSSR count). The van der Waals surface area contributed by atoms with Gasteiger partial charge in [-0.25, -0.2) is 0 Å². The number of benzene rings is 1. The normalized spacial score (nSPS) is 10.6. The second kappa shape index (κ2) is 9.67. The van der Waals surface area contributed by atoms with E-state index in [0.29, 0.717) is 19.0 Å². The summed E-state index contributed by atoms with van der Waals surface area (Å²) in [6, 6.07) is 9.59. The van der Waals surface area contributed by atoms with Crippen LogP contribution in [0.25, 0.3) is 0 Å². The molecule has 2 N–H and O–H groups in total. The predicted octanol–water partition coefficient (Wildman–Crippen LogP) is 1.59. The summed E-state index contributed by atoms with van der Waals surface area (Å²) in [4.78, 5) is 11.6. The van der Waals surface area contributed by atoms with Crippen molar-refractivity contribution in [2.75, 3.05) is 26.1 Å². The van der Waals surface area contributed by atoms with Gasteiger partial charge < -0.3 is 15.4 Å². The number of nitrogens with zero attached hydrogens (tertiary/aromatic N) is 1. The Labute approximate surface area is 129 Å². The molecule has 21 heavy (non-hydrogen) atoms. The first-order chi connectivity index (χ1) is 10.2. The number of nitrogens with one attached hydrogen (secondary N) is 2. The van der Waals surface area contributed by atoms with Gasteiger partial charge in [-0.3, -0.25) is 4.79 Å². The number of ether oxygens (including phenoxy) is 1. The lowest BCUT2D eigenvalue weighted by Gasteiger charge is -2.05. The summed E-state index contributed by atoms with van der Waals surface area (Å²) in [5, 5.41) is 14.4. The van der Waals surface area contributed by atoms with Crippen molar-refractivity contribution in [1.29, 1.82) is 5.26 Å². The number of nitriles is 1. The smallest absolute Gasteiger partial charge is 0.263 e. The molecule has 0 heterocycles. The number of carbonyl (C=O) groups is 1. The third-order valence-electron chi connectivity index (χ3n) is 2.71. The van der Waals surface area contributed by atoms with E-state index in [0.717, 1.165) is 17.7 Å². The molecule has 0 bridgehead atoms. The molecule has 0 aliphatic carbocycles. The van der Waals surface area contributed by atoms with Crippen LogP contribution in [0, 0.1) is 11.3 Å². The summed E-state index contributed by atoms with van der Waals surface area (Å²) in [5.74, 6) is 0.708. The Kier molecular flexibility index (Phi) is 7.77. The quantitative estimate of drug-likeness (QED) is 0.331. The molecule has 1 aromatic rings. The van der Waals surface area contributed by atoms with Crippen LogP contribution in [0.3, 0.4) is 0 Å². The third-order valence-corrected chi connectivity index (χ3v) is 2.90. The fraction of sp³-hybridized carbons (Fsp3) is 0.333. The van der Waals surface area contributed by atoms with E-state index in [-0.39, 0.29) is 5.57 Å². The Morgan fingerprint density at radius 3 is 2.67 bits per heavy atom. The van der Waals surface area contributed by atoms with Gasteiger partial charge in [0, 0.05) is 25.2 Å². The lowest BCUT2D eigenvalue weighted by atomic mass is 10.1. The molecular weight excluding hydrogens is 290 g/mol. The largest absolute Gasteiger partial charge is 0.497 e. The van der Waals surface area contributed by atoms with E-state index in [2.05, 4.69) is 10.6 Å². The molecule has 0 aliphatic rings. The maximum absolute atomic E-state index is 11.6. The molecule has 0 radical (unpaired) electrons. The van der Waals surface area contributed by atoms with Gasteiger partial charge in [0.15, 0.2) is 0 Å². The molecule has 0 saturated heterocycles. The summed E-state index contributed by atoms with van der Waals surface area (Å²) in [5.41, 5.74) is 1.18. The average Bonchev–Trinajstić information content (AvgIpc) is 2.53. The van der Waals surface area contributed by atoms with Gasteiger partial charge in [0.25, 0.3) is 5.91 Å². The maximum atomic E-state index is 11.6. The van der Waals surface area contributed by atoms with Crippen LogP contribution < -0.4 is 15.4 Å². The molecule has 6 heteroatoms. The zero-order chi connectivity index (χ0) is 15.5. The van der Waals surface area contributed by atoms with Crippen LogP contribution in [-0.2, 0) is 11.2 Å². The van der Waals surface area contributed by atoms with Gasteiger partial charge in [0.1, 0.15) is 17.4 Å². The summed E-state index contributed by atoms with van der Waals surface area (Å²) in [6.07, 6.45) is 2.20. The molecule has 1 amide bonds. The Morgan fingerprint density at radius 2 is 2.10 bits per heavy atom. The monoisotopic (exact) mass is 307 g/mol. The topological polar surface area (TPSA) is 74.1 Å². The lowest BCUT2D eigenvalue weighted by molar-refractivity contribution is -0.117. The number of hydrogen-bond acceptors (Lipinski definition) is 4. The molecule has 5 nitrogen and oxygen atoms in total. The highest BCUT2D eigenvalue weighted by Gasteiger charge is 2.06. The van der Waals surface area contributed by atoms with Crippen molar-refractivity contribution in [1.82, 2.24) is 10.6 Å². The van der Waals surface area contributed by atoms with Crippen LogP contribution in [0.2, 0.25) is 0 Å². The molecule has 0 saturated carbocycles. The zero-order valence-corrected chi connectivity index (χ0v) is 12.6. The van der Waals surface area contributed by atoms with Crippen LogP contribution in [0.4, 0.5) is 0 Å². The Hall–Kier alpha value is -2.19. The second-order valence-electron chi connectivity index (χ2n) is 4.17. The van der Waals surface area contributed by atoms with E-state index in [1.54, 1.807) is 7.11 Å². The van der Waals surface area contributed by atoms with Gasteiger partial charge in [-0.05, 0) is 24.1 Å². The van der Waals surface area contributed by atoms with Crippen LogP contribution in [0.1, 0.15) is 5.56 Å². The van der Waals surface area contributed by atoms with Gasteiger partial charge >= 0.3 is 0 Å². The fourth-order valence-electron chi connectivity index (χ4n) is 1.59. The van der Waals surface area contributed by atoms with Crippen LogP contribution >= 0.6 is 11.6 Å². The van der Waals surface area contributed by atoms with Crippen molar-refractivity contribution < 1.29 is 9.53 Å². The number of carbonyl (C=O) groups excluding carboxylic acids is 1. The molecule has 0 fully saturated rings. The Balaban J connectivity index is 2.41. The molecule has 0 aliphatic heterocycles. The summed E-state index contributed by atoms with van der Waals surface area (Å²) in [6.45, 7) is 0.964. The molecule has 1 aromatic carbocycles. The molecule has 0 unspecified atom stereocenters. The van der Waals surface area contributed by atoms with E-state index < -0.39 is 5.91 Å². The van der Waals surface area contributed by atoms with Gasteiger partial charge in [-0.2, -0.15) is 5.26 Å². The SMILES string of the molecule is COc1ccc(CCN/C=C(/C#N)C(=O)NCCCl)cc1. The number of amides is 1. The number of halogens is 1. The fourth-order valence-corrected chi connectivity index (χ4v) is 1.68. The lowest BCUT2D eigenvalue weighted by Crippen LogP contribution is -2.27. The van der Waals surface area contributed by atoms with Crippen LogP contribution in [0.15, 0.2) is 36.0 Å². The zero-order valence-electron chi connectivity index (χ0n) is 11.9. The number of alkyl halides is 1. The van der Waals surface area contributed by atoms with Crippen molar-refractivity contribution in [3.8, 4) is 11.8 Å². The first kappa shape index (κ1) is 16.9. The highest BCUT2D eigenvalue weighted by atomic mass is 35.5. The third kappa shape index (κ3) is 6.19. The van der Waals surface area contributed by atoms with Gasteiger partial charge in [-0.15, -0.1) is 11.6 Å². The minimum Gasteiger partial charge on any atom is -0.497 e. The first-order valence-corrected chi connectivity index (χ1v) is 7.05. The van der Waals surface area contributed by atoms with Crippen LogP contribution in [-0.4, -0.2) is 32.0 Å². The Morgan fingerprint density at radius 1 is 1.38 bits per heavy atom. The molecule has 112 valence electrons. The van der Waals surface area contributed by atoms with Crippen molar-refractivity contribution >= 4 is 17.5 Å². The van der Waals surface area contributed by atoms with Gasteiger partial charge in [0.2, 0.25) is 0 Å². The van der Waals surface area contributed by atoms with Crippen molar-refractivity contribution in [3.63, 3.8) is 0 Å². The van der Waals surface area contributed by atoms with Crippen molar-refractivity contribution in [2.24, 2.45) is 0 Å². The second-order valence-corrected chi connectivity index (χ2v) is 4.54. The van der Waals surface area contributed by atoms with Gasteiger partial charge in [0.05, 0.1) is 7.11 Å². The summed E-state index contributed by atoms with van der Waals surface area (Å²) < 4.78 is 5.08. The standard InChI is InChI=1S/C15H18ClN3O2/c1-21-14-4-2-12(3-5-14)6-8-18-11-13(10-17)15(20)19-9-7-16/h2-5,11,18H,6-9H2,1H3,(H,19,20)/b13-11-. The molecule has 0 aromatic heterocycles. The molecule has 0 atom stereocenters. The number of rotatable bonds is 8. The van der Waals surface area contributed by atoms with E-state index in [9.17, 15) is 4.79 Å². The number of hydrogen-bond donors (Lipinski definition) is 2. The minimum atomic E-state index is -0.421. The number of methoxy groups -OCH3 is 1. The predicted molar refractivity (Wildman–Crippen MR) is 82.1 cm³/mol. The maximum Gasteiger partial charge on any atom is 0.263 e. The van der Waals surface area contributed by atoms with E-state index in [1.807, 2.05) is 30.3 Å². The van der Waals surface area contributed by atoms with E-state index in [4.69, 9.17) is 21.6 Å². The highest BCUT2D eigenvalue weighted by molar-refractivity contribution is 6.18. The minimum absolute atomic E-state index is 0.0369. The molecule has 0 spiro atoms. The summed E-state index contributed by atoms with van der Waals surface area (Å²) >= 11 is 5.47. The average molecular weight is 308 g/mol. The Bertz CT molecular complexity index is 521. The van der Waals surface area contributed by atoms with Crippen molar-refractivity contribution in [2.45, 2.75) is 6.42 Å². The van der Waals surface area contributed by atoms with Crippen molar-refractivity contribution in [3.05, 3.63) is 41.6 Å². The van der Waals surface area contributed by atoms with E-state index >= 15 is 0 Å². The first-order valence-electron chi connectivity index (χ1n) is 6.52. The van der Waals surface area contributed by atoms with E-state index in [1.165, 1.54) is 6.20 Å². The summed E-state index contributed by atoms with van der Waals surface area (Å²) in [7, 11) is 1.63. The van der Waals surface area contributed by atoms with Crippen LogP contribution in [0.5, 0.6) is 5.75 Å². The van der Waals surface area contributed by atoms with Gasteiger partial charge in [-0.1, -0.05) is 12.1 Å². The molecular formula is C15H18ClN3O2. The highest BCUT2D eigenvalue weighted by Crippen LogP contribution is 2.11.